The van der Waals surface area contributed by atoms with Crippen LogP contribution in [0.4, 0.5) is 14.9 Å². The van der Waals surface area contributed by atoms with Crippen molar-refractivity contribution in [3.05, 3.63) is 65.5 Å². The molecule has 2 aromatic rings. The second kappa shape index (κ2) is 6.81. The molecule has 4 amide bonds. The largest absolute Gasteiger partial charge is 0.332 e. The number of nitrogen functional groups attached to an aromatic ring is 1. The highest BCUT2D eigenvalue weighted by molar-refractivity contribution is 6.22. The molecule has 7 nitrogen and oxygen atoms in total. The summed E-state index contributed by atoms with van der Waals surface area (Å²) in [5.41, 5.74) is 1.49. The monoisotopic (exact) mass is 370 g/mol. The van der Waals surface area contributed by atoms with Gasteiger partial charge in [0.1, 0.15) is 11.4 Å². The fraction of sp³-hybridized carbons (Fsp3) is 0.211. The van der Waals surface area contributed by atoms with Gasteiger partial charge in [-0.1, -0.05) is 24.3 Å². The number of nitrogens with two attached hydrogens (primary N) is 1. The van der Waals surface area contributed by atoms with Gasteiger partial charge >= 0.3 is 6.03 Å². The summed E-state index contributed by atoms with van der Waals surface area (Å²) < 4.78 is 14.4. The average molecular weight is 370 g/mol. The molecule has 27 heavy (non-hydrogen) atoms. The van der Waals surface area contributed by atoms with E-state index in [9.17, 15) is 18.8 Å². The van der Waals surface area contributed by atoms with Crippen LogP contribution in [0, 0.1) is 5.82 Å². The zero-order valence-electron chi connectivity index (χ0n) is 14.9. The molecule has 3 rings (SSSR count). The summed E-state index contributed by atoms with van der Waals surface area (Å²) in [6.07, 6.45) is 0. The van der Waals surface area contributed by atoms with Crippen LogP contribution in [0.25, 0.3) is 0 Å². The van der Waals surface area contributed by atoms with Crippen molar-refractivity contribution >= 4 is 23.5 Å². The lowest BCUT2D eigenvalue weighted by Crippen LogP contribution is -2.43. The van der Waals surface area contributed by atoms with E-state index in [0.717, 1.165) is 11.0 Å². The summed E-state index contributed by atoms with van der Waals surface area (Å²) in [6, 6.07) is 11.9. The predicted octanol–water partition coefficient (Wildman–Crippen LogP) is 2.18. The number of nitrogens with one attached hydrogen (secondary N) is 1. The molecule has 2 aromatic carbocycles. The lowest BCUT2D eigenvalue weighted by molar-refractivity contribution is -0.123. The van der Waals surface area contributed by atoms with Gasteiger partial charge in [0, 0.05) is 11.1 Å². The SMILES string of the molecule is CC1(C)C(=O)N(c2ccccc2)C(=O)N1Cc1ccc(C(=O)NN)cc1F. The molecule has 8 heteroatoms. The summed E-state index contributed by atoms with van der Waals surface area (Å²) in [7, 11) is 0. The van der Waals surface area contributed by atoms with Gasteiger partial charge < -0.3 is 4.90 Å². The first kappa shape index (κ1) is 18.5. The van der Waals surface area contributed by atoms with Crippen LogP contribution in [0.1, 0.15) is 29.8 Å². The Bertz CT molecular complexity index is 914. The van der Waals surface area contributed by atoms with Crippen molar-refractivity contribution < 1.29 is 18.8 Å². The first-order valence-electron chi connectivity index (χ1n) is 8.28. The van der Waals surface area contributed by atoms with Gasteiger partial charge in [0.05, 0.1) is 12.2 Å². The first-order chi connectivity index (χ1) is 12.8. The molecule has 1 heterocycles. The van der Waals surface area contributed by atoms with Crippen molar-refractivity contribution in [2.75, 3.05) is 4.90 Å². The number of para-hydroxylation sites is 1. The van der Waals surface area contributed by atoms with Crippen LogP contribution >= 0.6 is 0 Å². The topological polar surface area (TPSA) is 95.7 Å². The van der Waals surface area contributed by atoms with Crippen molar-refractivity contribution in [1.82, 2.24) is 10.3 Å². The molecule has 0 atom stereocenters. The van der Waals surface area contributed by atoms with Gasteiger partial charge in [-0.2, -0.15) is 0 Å². The number of carbonyl (C=O) groups is 3. The summed E-state index contributed by atoms with van der Waals surface area (Å²) in [4.78, 5) is 39.6. The quantitative estimate of drug-likeness (QED) is 0.373. The van der Waals surface area contributed by atoms with Gasteiger partial charge in [-0.15, -0.1) is 0 Å². The smallest absolute Gasteiger partial charge is 0.305 e. The zero-order valence-corrected chi connectivity index (χ0v) is 14.9. The van der Waals surface area contributed by atoms with Crippen molar-refractivity contribution in [2.24, 2.45) is 5.84 Å². The van der Waals surface area contributed by atoms with Gasteiger partial charge in [-0.25, -0.2) is 19.9 Å². The minimum absolute atomic E-state index is 0.0627. The highest BCUT2D eigenvalue weighted by Crippen LogP contribution is 2.33. The van der Waals surface area contributed by atoms with E-state index in [2.05, 4.69) is 0 Å². The van der Waals surface area contributed by atoms with Crippen molar-refractivity contribution in [2.45, 2.75) is 25.9 Å². The van der Waals surface area contributed by atoms with Crippen LogP contribution in [-0.4, -0.2) is 28.3 Å². The van der Waals surface area contributed by atoms with Gasteiger partial charge in [0.25, 0.3) is 11.8 Å². The van der Waals surface area contributed by atoms with Crippen LogP contribution in [0.3, 0.4) is 0 Å². The highest BCUT2D eigenvalue weighted by atomic mass is 19.1. The molecule has 140 valence electrons. The summed E-state index contributed by atoms with van der Waals surface area (Å²) in [5.74, 6) is 3.37. The first-order valence-corrected chi connectivity index (χ1v) is 8.28. The molecule has 0 bridgehead atoms. The molecule has 0 spiro atoms. The number of anilines is 1. The van der Waals surface area contributed by atoms with E-state index in [-0.39, 0.29) is 17.7 Å². The average Bonchev–Trinajstić information content (AvgIpc) is 2.82. The number of hydrazine groups is 1. The molecule has 0 saturated carbocycles. The van der Waals surface area contributed by atoms with E-state index < -0.39 is 29.2 Å². The normalized spacial score (nSPS) is 16.0. The number of hydrogen-bond acceptors (Lipinski definition) is 4. The molecule has 0 aromatic heterocycles. The minimum Gasteiger partial charge on any atom is -0.305 e. The maximum absolute atomic E-state index is 14.4. The highest BCUT2D eigenvalue weighted by Gasteiger charge is 2.51. The lowest BCUT2D eigenvalue weighted by atomic mass is 10.0. The van der Waals surface area contributed by atoms with E-state index in [4.69, 9.17) is 5.84 Å². The Kier molecular flexibility index (Phi) is 4.67. The third-order valence-electron chi connectivity index (χ3n) is 4.61. The molecular formula is C19H19FN4O3. The second-order valence-electron chi connectivity index (χ2n) is 6.68. The molecule has 3 N–H and O–H groups in total. The van der Waals surface area contributed by atoms with E-state index in [1.165, 1.54) is 17.0 Å². The number of benzene rings is 2. The fourth-order valence-electron chi connectivity index (χ4n) is 2.98. The standard InChI is InChI=1S/C19H19FN4O3/c1-19(2)17(26)24(14-6-4-3-5-7-14)18(27)23(19)11-13-9-8-12(10-15(13)20)16(25)22-21/h3-10H,11,21H2,1-2H3,(H,22,25). The number of rotatable bonds is 4. The van der Waals surface area contributed by atoms with Crippen LogP contribution in [0.5, 0.6) is 0 Å². The molecule has 0 radical (unpaired) electrons. The number of imide groups is 1. The number of halogens is 1. The Hall–Kier alpha value is -3.26. The van der Waals surface area contributed by atoms with Crippen molar-refractivity contribution in [1.29, 1.82) is 0 Å². The molecular weight excluding hydrogens is 351 g/mol. The Morgan fingerprint density at radius 3 is 2.41 bits per heavy atom. The lowest BCUT2D eigenvalue weighted by Gasteiger charge is -2.28. The number of amides is 4. The van der Waals surface area contributed by atoms with Gasteiger partial charge in [0.2, 0.25) is 0 Å². The van der Waals surface area contributed by atoms with Crippen LogP contribution in [-0.2, 0) is 11.3 Å². The molecule has 1 aliphatic rings. The van der Waals surface area contributed by atoms with E-state index >= 15 is 0 Å². The van der Waals surface area contributed by atoms with Gasteiger partial charge in [-0.05, 0) is 38.1 Å². The molecule has 1 fully saturated rings. The Labute approximate surface area is 155 Å². The predicted molar refractivity (Wildman–Crippen MR) is 97.0 cm³/mol. The number of carbonyl (C=O) groups excluding carboxylic acids is 3. The fourth-order valence-corrected chi connectivity index (χ4v) is 2.98. The van der Waals surface area contributed by atoms with Gasteiger partial charge in [0.15, 0.2) is 0 Å². The molecule has 0 unspecified atom stereocenters. The Morgan fingerprint density at radius 2 is 1.81 bits per heavy atom. The summed E-state index contributed by atoms with van der Waals surface area (Å²) >= 11 is 0. The van der Waals surface area contributed by atoms with E-state index in [1.54, 1.807) is 44.2 Å². The third-order valence-corrected chi connectivity index (χ3v) is 4.61. The second-order valence-corrected chi connectivity index (χ2v) is 6.68. The summed E-state index contributed by atoms with van der Waals surface area (Å²) in [6.45, 7) is 3.12. The van der Waals surface area contributed by atoms with Crippen molar-refractivity contribution in [3.8, 4) is 0 Å². The Balaban J connectivity index is 1.92. The van der Waals surface area contributed by atoms with Crippen LogP contribution < -0.4 is 16.2 Å². The number of urea groups is 1. The minimum atomic E-state index is -1.15. The zero-order chi connectivity index (χ0) is 19.8. The molecule has 1 aliphatic heterocycles. The van der Waals surface area contributed by atoms with Gasteiger partial charge in [-0.3, -0.25) is 15.0 Å². The van der Waals surface area contributed by atoms with Crippen LogP contribution in [0.15, 0.2) is 48.5 Å². The van der Waals surface area contributed by atoms with Crippen LogP contribution in [0.2, 0.25) is 0 Å². The maximum atomic E-state index is 14.4. The number of nitrogens with zero attached hydrogens (tertiary/aromatic N) is 2. The molecule has 0 aliphatic carbocycles. The summed E-state index contributed by atoms with van der Waals surface area (Å²) in [5, 5.41) is 0. The van der Waals surface area contributed by atoms with E-state index in [0.29, 0.717) is 5.69 Å². The maximum Gasteiger partial charge on any atom is 0.332 e. The van der Waals surface area contributed by atoms with E-state index in [1.807, 2.05) is 5.43 Å². The Morgan fingerprint density at radius 1 is 1.15 bits per heavy atom. The third kappa shape index (κ3) is 3.15. The van der Waals surface area contributed by atoms with Crippen molar-refractivity contribution in [3.63, 3.8) is 0 Å². The number of hydrogen-bond donors (Lipinski definition) is 2. The molecule has 1 saturated heterocycles.